The maximum Gasteiger partial charge on any atom is 0.220 e. The summed E-state index contributed by atoms with van der Waals surface area (Å²) in [6.07, 6.45) is 7.71. The van der Waals surface area contributed by atoms with Crippen LogP contribution in [0.5, 0.6) is 0 Å². The van der Waals surface area contributed by atoms with Crippen LogP contribution in [0.15, 0.2) is 36.9 Å². The zero-order valence-corrected chi connectivity index (χ0v) is 13.7. The lowest BCUT2D eigenvalue weighted by molar-refractivity contribution is -0.121. The van der Waals surface area contributed by atoms with E-state index in [1.54, 1.807) is 12.5 Å². The summed E-state index contributed by atoms with van der Waals surface area (Å²) in [5.41, 5.74) is 3.83. The van der Waals surface area contributed by atoms with Gasteiger partial charge in [0, 0.05) is 31.4 Å². The van der Waals surface area contributed by atoms with E-state index < -0.39 is 0 Å². The van der Waals surface area contributed by atoms with E-state index >= 15 is 0 Å². The third kappa shape index (κ3) is 5.35. The number of nitrogens with one attached hydrogen (secondary N) is 1. The van der Waals surface area contributed by atoms with Crippen molar-refractivity contribution in [3.8, 4) is 0 Å². The highest BCUT2D eigenvalue weighted by Gasteiger charge is 2.08. The summed E-state index contributed by atoms with van der Waals surface area (Å²) in [6.45, 7) is 7.11. The molecule has 1 heterocycles. The summed E-state index contributed by atoms with van der Waals surface area (Å²) in [6, 6.07) is 6.70. The topological polar surface area (TPSA) is 46.9 Å². The van der Waals surface area contributed by atoms with E-state index in [2.05, 4.69) is 49.3 Å². The van der Waals surface area contributed by atoms with Gasteiger partial charge in [0.1, 0.15) is 0 Å². The number of aryl methyl sites for hydroxylation is 3. The van der Waals surface area contributed by atoms with Gasteiger partial charge in [-0.15, -0.1) is 0 Å². The van der Waals surface area contributed by atoms with Crippen molar-refractivity contribution in [1.29, 1.82) is 0 Å². The van der Waals surface area contributed by atoms with Gasteiger partial charge in [0.15, 0.2) is 0 Å². The first-order chi connectivity index (χ1) is 10.5. The minimum absolute atomic E-state index is 0.122. The fourth-order valence-electron chi connectivity index (χ4n) is 2.78. The molecule has 1 N–H and O–H groups in total. The van der Waals surface area contributed by atoms with Gasteiger partial charge in [0.05, 0.1) is 6.33 Å². The molecule has 0 radical (unpaired) electrons. The first kappa shape index (κ1) is 16.3. The van der Waals surface area contributed by atoms with Gasteiger partial charge in [0.25, 0.3) is 0 Å². The maximum atomic E-state index is 12.0. The monoisotopic (exact) mass is 299 g/mol. The van der Waals surface area contributed by atoms with Crippen molar-refractivity contribution in [1.82, 2.24) is 14.9 Å². The van der Waals surface area contributed by atoms with E-state index in [1.165, 1.54) is 16.7 Å². The van der Waals surface area contributed by atoms with Gasteiger partial charge in [0.2, 0.25) is 5.91 Å². The molecular weight excluding hydrogens is 274 g/mol. The summed E-state index contributed by atoms with van der Waals surface area (Å²) in [5, 5.41) is 3.08. The Kier molecular flexibility index (Phi) is 5.75. The molecule has 0 aliphatic rings. The second-order valence-electron chi connectivity index (χ2n) is 6.07. The summed E-state index contributed by atoms with van der Waals surface area (Å²) in [5.74, 6) is 0.122. The van der Waals surface area contributed by atoms with Crippen molar-refractivity contribution < 1.29 is 4.79 Å². The van der Waals surface area contributed by atoms with Crippen molar-refractivity contribution >= 4 is 5.91 Å². The summed E-state index contributed by atoms with van der Waals surface area (Å²) < 4.78 is 1.99. The molecule has 1 aromatic heterocycles. The number of carbonyl (C=O) groups is 1. The highest BCUT2D eigenvalue weighted by atomic mass is 16.1. The second kappa shape index (κ2) is 7.78. The molecule has 0 saturated heterocycles. The number of carbonyl (C=O) groups excluding carboxylic acids is 1. The number of amides is 1. The van der Waals surface area contributed by atoms with Crippen molar-refractivity contribution in [3.05, 3.63) is 53.6 Å². The Bertz CT molecular complexity index is 585. The zero-order valence-electron chi connectivity index (χ0n) is 13.7. The van der Waals surface area contributed by atoms with Crippen LogP contribution >= 0.6 is 0 Å². The van der Waals surface area contributed by atoms with Crippen molar-refractivity contribution in [3.63, 3.8) is 0 Å². The molecule has 0 aliphatic heterocycles. The van der Waals surface area contributed by atoms with E-state index in [4.69, 9.17) is 0 Å². The molecule has 2 rings (SSSR count). The zero-order chi connectivity index (χ0) is 15.9. The fraction of sp³-hybridized carbons (Fsp3) is 0.444. The van der Waals surface area contributed by atoms with E-state index in [0.29, 0.717) is 6.42 Å². The molecule has 0 spiro atoms. The predicted molar refractivity (Wildman–Crippen MR) is 88.7 cm³/mol. The number of aromatic nitrogens is 2. The van der Waals surface area contributed by atoms with Gasteiger partial charge in [-0.2, -0.15) is 0 Å². The van der Waals surface area contributed by atoms with Gasteiger partial charge in [-0.1, -0.05) is 29.3 Å². The first-order valence-electron chi connectivity index (χ1n) is 7.85. The molecule has 0 aliphatic carbocycles. The van der Waals surface area contributed by atoms with Crippen LogP contribution < -0.4 is 5.32 Å². The molecule has 118 valence electrons. The fourth-order valence-corrected chi connectivity index (χ4v) is 2.78. The minimum atomic E-state index is 0.122. The Labute approximate surface area is 132 Å². The summed E-state index contributed by atoms with van der Waals surface area (Å²) in [4.78, 5) is 16.0. The average Bonchev–Trinajstić information content (AvgIpc) is 2.90. The Hall–Kier alpha value is -2.10. The average molecular weight is 299 g/mol. The van der Waals surface area contributed by atoms with Gasteiger partial charge in [-0.05, 0) is 39.2 Å². The SMILES string of the molecule is Cc1cc(C)cc(C[C@@H](C)NC(=O)CCCn2ccnc2)c1. The quantitative estimate of drug-likeness (QED) is 0.854. The van der Waals surface area contributed by atoms with E-state index in [9.17, 15) is 4.79 Å². The molecule has 4 heteroatoms. The number of hydrogen-bond acceptors (Lipinski definition) is 2. The molecule has 1 amide bonds. The third-order valence-electron chi connectivity index (χ3n) is 3.61. The Morgan fingerprint density at radius 2 is 2.00 bits per heavy atom. The third-order valence-corrected chi connectivity index (χ3v) is 3.61. The lowest BCUT2D eigenvalue weighted by atomic mass is 10.0. The van der Waals surface area contributed by atoms with Crippen molar-refractivity contribution in [2.24, 2.45) is 0 Å². The van der Waals surface area contributed by atoms with Crippen molar-refractivity contribution in [2.75, 3.05) is 0 Å². The maximum absolute atomic E-state index is 12.0. The van der Waals surface area contributed by atoms with E-state index in [-0.39, 0.29) is 11.9 Å². The van der Waals surface area contributed by atoms with Crippen LogP contribution in [-0.2, 0) is 17.8 Å². The second-order valence-corrected chi connectivity index (χ2v) is 6.07. The van der Waals surface area contributed by atoms with Crippen LogP contribution in [0.1, 0.15) is 36.5 Å². The van der Waals surface area contributed by atoms with Gasteiger partial charge < -0.3 is 9.88 Å². The van der Waals surface area contributed by atoms with Crippen LogP contribution in [0.25, 0.3) is 0 Å². The van der Waals surface area contributed by atoms with Crippen molar-refractivity contribution in [2.45, 2.75) is 52.6 Å². The van der Waals surface area contributed by atoms with Crippen LogP contribution in [0.3, 0.4) is 0 Å². The van der Waals surface area contributed by atoms with E-state index in [0.717, 1.165) is 19.4 Å². The molecule has 1 aromatic carbocycles. The first-order valence-corrected chi connectivity index (χ1v) is 7.85. The van der Waals surface area contributed by atoms with Crippen LogP contribution in [-0.4, -0.2) is 21.5 Å². The van der Waals surface area contributed by atoms with Crippen LogP contribution in [0.4, 0.5) is 0 Å². The number of nitrogens with zero attached hydrogens (tertiary/aromatic N) is 2. The molecule has 2 aromatic rings. The Morgan fingerprint density at radius 1 is 1.27 bits per heavy atom. The number of hydrogen-bond donors (Lipinski definition) is 1. The Morgan fingerprint density at radius 3 is 2.64 bits per heavy atom. The normalized spacial score (nSPS) is 12.1. The molecule has 0 bridgehead atoms. The number of benzene rings is 1. The van der Waals surface area contributed by atoms with Gasteiger partial charge >= 0.3 is 0 Å². The lowest BCUT2D eigenvalue weighted by Crippen LogP contribution is -2.34. The van der Waals surface area contributed by atoms with Gasteiger partial charge in [-0.3, -0.25) is 4.79 Å². The molecule has 0 saturated carbocycles. The molecular formula is C18H25N3O. The summed E-state index contributed by atoms with van der Waals surface area (Å²) in [7, 11) is 0. The summed E-state index contributed by atoms with van der Waals surface area (Å²) >= 11 is 0. The van der Waals surface area contributed by atoms with Crippen LogP contribution in [0.2, 0.25) is 0 Å². The molecule has 0 unspecified atom stereocenters. The Balaban J connectivity index is 1.73. The smallest absolute Gasteiger partial charge is 0.220 e. The van der Waals surface area contributed by atoms with Gasteiger partial charge in [-0.25, -0.2) is 4.98 Å². The minimum Gasteiger partial charge on any atom is -0.353 e. The van der Waals surface area contributed by atoms with E-state index in [1.807, 2.05) is 10.8 Å². The van der Waals surface area contributed by atoms with Crippen LogP contribution in [0, 0.1) is 13.8 Å². The largest absolute Gasteiger partial charge is 0.353 e. The molecule has 22 heavy (non-hydrogen) atoms. The highest BCUT2D eigenvalue weighted by Crippen LogP contribution is 2.11. The standard InChI is InChI=1S/C18H25N3O/c1-14-9-15(2)11-17(10-14)12-16(3)20-18(22)5-4-7-21-8-6-19-13-21/h6,8-11,13,16H,4-5,7,12H2,1-3H3,(H,20,22)/t16-/m1/s1. The number of imidazole rings is 1. The molecule has 0 fully saturated rings. The molecule has 4 nitrogen and oxygen atoms in total. The molecule has 1 atom stereocenters. The predicted octanol–water partition coefficient (Wildman–Crippen LogP) is 3.03. The number of rotatable bonds is 7. The lowest BCUT2D eigenvalue weighted by Gasteiger charge is -2.15. The highest BCUT2D eigenvalue weighted by molar-refractivity contribution is 5.76.